The second kappa shape index (κ2) is 16.2. The minimum Gasteiger partial charge on any atom is -0.481 e. The lowest BCUT2D eigenvalue weighted by Gasteiger charge is -2.25. The third kappa shape index (κ3) is 10.8. The summed E-state index contributed by atoms with van der Waals surface area (Å²) in [5.41, 5.74) is 12.4. The second-order valence-corrected chi connectivity index (χ2v) is 10.4. The lowest BCUT2D eigenvalue weighted by atomic mass is 10.0. The normalized spacial score (nSPS) is 13.9. The van der Waals surface area contributed by atoms with Crippen LogP contribution in [0, 0.1) is 0 Å². The number of primary amides is 1. The predicted octanol–water partition coefficient (Wildman–Crippen LogP) is -0.540. The number of hydrogen-bond donors (Lipinski definition) is 8. The van der Waals surface area contributed by atoms with E-state index in [1.165, 1.54) is 11.8 Å². The molecule has 15 heteroatoms. The van der Waals surface area contributed by atoms with Crippen LogP contribution in [0.5, 0.6) is 0 Å². The highest BCUT2D eigenvalue weighted by atomic mass is 32.2. The first-order valence-electron chi connectivity index (χ1n) is 12.9. The van der Waals surface area contributed by atoms with Crippen molar-refractivity contribution in [1.29, 1.82) is 0 Å². The van der Waals surface area contributed by atoms with Crippen LogP contribution in [0.2, 0.25) is 0 Å². The maximum Gasteiger partial charge on any atom is 0.326 e. The molecule has 0 aliphatic heterocycles. The molecule has 0 saturated carbocycles. The number of para-hydroxylation sites is 1. The van der Waals surface area contributed by atoms with Crippen LogP contribution in [-0.4, -0.2) is 86.9 Å². The topological polar surface area (TPSA) is 247 Å². The molecule has 1 aromatic carbocycles. The molecule has 4 atom stereocenters. The number of nitrogens with one attached hydrogen (secondary N) is 4. The standard InChI is InChI=1S/C26H36N6O8S/c1-41-11-10-19(25(38)32-20(26(39)40)12-14-13-29-17-5-3-2-4-15(14)17)31-24(37)18(7-8-21(28)33)30-23(36)16(27)6-9-22(34)35/h2-5,13,16,18-20,29H,6-12,27H2,1H3,(H2,28,33)(H,30,36)(H,31,37)(H,32,38)(H,34,35)(H,39,40). The number of carboxylic acid groups (broad SMARTS) is 2. The van der Waals surface area contributed by atoms with Crippen molar-refractivity contribution in [2.24, 2.45) is 11.5 Å². The molecule has 2 rings (SSSR count). The van der Waals surface area contributed by atoms with E-state index in [1.807, 2.05) is 24.3 Å². The van der Waals surface area contributed by atoms with Gasteiger partial charge in [-0.15, -0.1) is 0 Å². The van der Waals surface area contributed by atoms with Crippen LogP contribution in [0.25, 0.3) is 10.9 Å². The highest BCUT2D eigenvalue weighted by Gasteiger charge is 2.31. The maximum atomic E-state index is 13.2. The molecule has 0 bridgehead atoms. The van der Waals surface area contributed by atoms with Gasteiger partial charge in [0.05, 0.1) is 6.04 Å². The molecule has 2 aromatic rings. The molecule has 0 fully saturated rings. The third-order valence-electron chi connectivity index (χ3n) is 6.28. The van der Waals surface area contributed by atoms with Gasteiger partial charge in [0, 0.05) is 36.4 Å². The predicted molar refractivity (Wildman–Crippen MR) is 152 cm³/mol. The molecule has 0 spiro atoms. The zero-order valence-corrected chi connectivity index (χ0v) is 23.4. The van der Waals surface area contributed by atoms with E-state index in [0.29, 0.717) is 11.3 Å². The molecule has 41 heavy (non-hydrogen) atoms. The van der Waals surface area contributed by atoms with E-state index >= 15 is 0 Å². The molecule has 224 valence electrons. The number of rotatable bonds is 18. The first-order chi connectivity index (χ1) is 19.4. The molecule has 0 radical (unpaired) electrons. The summed E-state index contributed by atoms with van der Waals surface area (Å²) in [7, 11) is 0. The Labute approximate surface area is 240 Å². The summed E-state index contributed by atoms with van der Waals surface area (Å²) in [6, 6.07) is 2.32. The van der Waals surface area contributed by atoms with Gasteiger partial charge in [-0.25, -0.2) is 4.79 Å². The van der Waals surface area contributed by atoms with E-state index in [2.05, 4.69) is 20.9 Å². The van der Waals surface area contributed by atoms with Crippen LogP contribution in [0.3, 0.4) is 0 Å². The van der Waals surface area contributed by atoms with Crippen LogP contribution in [0.1, 0.15) is 37.7 Å². The van der Waals surface area contributed by atoms with Crippen molar-refractivity contribution >= 4 is 58.2 Å². The van der Waals surface area contributed by atoms with Crippen LogP contribution >= 0.6 is 11.8 Å². The van der Waals surface area contributed by atoms with Crippen molar-refractivity contribution in [1.82, 2.24) is 20.9 Å². The number of fused-ring (bicyclic) bond motifs is 1. The molecule has 10 N–H and O–H groups in total. The number of carbonyl (C=O) groups is 6. The van der Waals surface area contributed by atoms with Crippen LogP contribution in [-0.2, 0) is 35.2 Å². The molecule has 1 heterocycles. The Morgan fingerprint density at radius 1 is 0.878 bits per heavy atom. The summed E-state index contributed by atoms with van der Waals surface area (Å²) in [6.45, 7) is 0. The molecule has 14 nitrogen and oxygen atoms in total. The smallest absolute Gasteiger partial charge is 0.326 e. The monoisotopic (exact) mass is 592 g/mol. The number of carbonyl (C=O) groups excluding carboxylic acids is 4. The molecular formula is C26H36N6O8S. The van der Waals surface area contributed by atoms with Crippen molar-refractivity contribution in [3.63, 3.8) is 0 Å². The van der Waals surface area contributed by atoms with E-state index in [4.69, 9.17) is 16.6 Å². The minimum absolute atomic E-state index is 0.0141. The van der Waals surface area contributed by atoms with Crippen molar-refractivity contribution in [2.75, 3.05) is 12.0 Å². The summed E-state index contributed by atoms with van der Waals surface area (Å²) in [6.07, 6.45) is 2.58. The van der Waals surface area contributed by atoms with E-state index in [0.717, 1.165) is 10.9 Å². The third-order valence-corrected chi connectivity index (χ3v) is 6.92. The van der Waals surface area contributed by atoms with Crippen LogP contribution < -0.4 is 27.4 Å². The highest BCUT2D eigenvalue weighted by Crippen LogP contribution is 2.19. The Balaban J connectivity index is 2.16. The number of H-pyrrole nitrogens is 1. The molecule has 0 aliphatic rings. The Bertz CT molecular complexity index is 1250. The fourth-order valence-electron chi connectivity index (χ4n) is 4.01. The second-order valence-electron chi connectivity index (χ2n) is 9.41. The highest BCUT2D eigenvalue weighted by molar-refractivity contribution is 7.98. The summed E-state index contributed by atoms with van der Waals surface area (Å²) in [4.78, 5) is 76.1. The van der Waals surface area contributed by atoms with Gasteiger partial charge < -0.3 is 42.6 Å². The molecule has 4 amide bonds. The molecule has 1 aromatic heterocycles. The molecule has 0 saturated heterocycles. The molecular weight excluding hydrogens is 556 g/mol. The number of carboxylic acids is 2. The number of aromatic nitrogens is 1. The zero-order valence-electron chi connectivity index (χ0n) is 22.6. The fourth-order valence-corrected chi connectivity index (χ4v) is 4.49. The van der Waals surface area contributed by atoms with Crippen molar-refractivity contribution in [2.45, 2.75) is 62.7 Å². The SMILES string of the molecule is CSCCC(NC(=O)C(CCC(N)=O)NC(=O)C(N)CCC(=O)O)C(=O)NC(Cc1c[nH]c2ccccc12)C(=O)O. The lowest BCUT2D eigenvalue weighted by Crippen LogP contribution is -2.57. The van der Waals surface area contributed by atoms with Gasteiger partial charge in [0.1, 0.15) is 18.1 Å². The number of thioether (sulfide) groups is 1. The lowest BCUT2D eigenvalue weighted by molar-refractivity contribution is -0.142. The fraction of sp³-hybridized carbons (Fsp3) is 0.462. The van der Waals surface area contributed by atoms with Gasteiger partial charge in [-0.1, -0.05) is 18.2 Å². The van der Waals surface area contributed by atoms with Gasteiger partial charge >= 0.3 is 11.9 Å². The van der Waals surface area contributed by atoms with Gasteiger partial charge in [-0.3, -0.25) is 24.0 Å². The minimum atomic E-state index is -1.31. The first-order valence-corrected chi connectivity index (χ1v) is 14.3. The number of amides is 4. The number of aliphatic carboxylic acids is 2. The first kappa shape index (κ1) is 33.1. The summed E-state index contributed by atoms with van der Waals surface area (Å²) in [5.74, 6) is -5.07. The Hall–Kier alpha value is -4.11. The van der Waals surface area contributed by atoms with Gasteiger partial charge in [0.2, 0.25) is 23.6 Å². The van der Waals surface area contributed by atoms with Gasteiger partial charge in [-0.05, 0) is 42.9 Å². The van der Waals surface area contributed by atoms with Gasteiger partial charge in [0.15, 0.2) is 0 Å². The van der Waals surface area contributed by atoms with E-state index in [-0.39, 0.29) is 38.5 Å². The quantitative estimate of drug-likeness (QED) is 0.110. The number of nitrogens with two attached hydrogens (primary N) is 2. The van der Waals surface area contributed by atoms with Crippen molar-refractivity contribution in [3.05, 3.63) is 36.0 Å². The Morgan fingerprint density at radius 3 is 2.10 bits per heavy atom. The molecule has 4 unspecified atom stereocenters. The van der Waals surface area contributed by atoms with Gasteiger partial charge in [-0.2, -0.15) is 11.8 Å². The van der Waals surface area contributed by atoms with Crippen molar-refractivity contribution in [3.8, 4) is 0 Å². The summed E-state index contributed by atoms with van der Waals surface area (Å²) >= 11 is 1.40. The Morgan fingerprint density at radius 2 is 1.49 bits per heavy atom. The van der Waals surface area contributed by atoms with E-state index in [1.54, 1.807) is 12.5 Å². The summed E-state index contributed by atoms with van der Waals surface area (Å²) in [5, 5.41) is 26.9. The largest absolute Gasteiger partial charge is 0.481 e. The average molecular weight is 593 g/mol. The zero-order chi connectivity index (χ0) is 30.5. The number of benzene rings is 1. The van der Waals surface area contributed by atoms with Crippen LogP contribution in [0.4, 0.5) is 0 Å². The van der Waals surface area contributed by atoms with E-state index < -0.39 is 59.7 Å². The number of aromatic amines is 1. The Kier molecular flexibility index (Phi) is 13.1. The maximum absolute atomic E-state index is 13.2. The van der Waals surface area contributed by atoms with Crippen molar-refractivity contribution < 1.29 is 39.0 Å². The average Bonchev–Trinajstić information content (AvgIpc) is 3.33. The van der Waals surface area contributed by atoms with E-state index in [9.17, 15) is 33.9 Å². The number of hydrogen-bond acceptors (Lipinski definition) is 8. The molecule has 0 aliphatic carbocycles. The van der Waals surface area contributed by atoms with Gasteiger partial charge in [0.25, 0.3) is 0 Å². The summed E-state index contributed by atoms with van der Waals surface area (Å²) < 4.78 is 0. The van der Waals surface area contributed by atoms with Crippen LogP contribution in [0.15, 0.2) is 30.5 Å².